The van der Waals surface area contributed by atoms with E-state index in [1.54, 1.807) is 6.07 Å². The number of rotatable bonds is 3. The van der Waals surface area contributed by atoms with Crippen molar-refractivity contribution >= 4 is 5.69 Å². The molecule has 1 aromatic carbocycles. The molecule has 0 bridgehead atoms. The van der Waals surface area contributed by atoms with Gasteiger partial charge in [-0.15, -0.1) is 0 Å². The van der Waals surface area contributed by atoms with E-state index in [9.17, 15) is 9.50 Å². The second-order valence-corrected chi connectivity index (χ2v) is 5.55. The molecule has 2 nitrogen and oxygen atoms in total. The molecule has 0 aromatic heterocycles. The maximum absolute atomic E-state index is 13.5. The minimum absolute atomic E-state index is 0.0932. The predicted octanol–water partition coefficient (Wildman–Crippen LogP) is 3.05. The molecule has 0 unspecified atom stereocenters. The Morgan fingerprint density at radius 1 is 1.39 bits per heavy atom. The van der Waals surface area contributed by atoms with Crippen molar-refractivity contribution in [1.82, 2.24) is 0 Å². The van der Waals surface area contributed by atoms with Crippen LogP contribution < -0.4 is 4.90 Å². The summed E-state index contributed by atoms with van der Waals surface area (Å²) >= 11 is 0. The Bertz CT molecular complexity index is 444. The maximum atomic E-state index is 13.5. The molecule has 0 amide bonds. The number of benzene rings is 1. The topological polar surface area (TPSA) is 23.5 Å². The highest BCUT2D eigenvalue weighted by atomic mass is 19.1. The first-order valence-corrected chi connectivity index (χ1v) is 6.95. The number of anilines is 1. The number of aliphatic hydroxyl groups is 1. The fraction of sp³-hybridized carbons (Fsp3) is 0.600. The van der Waals surface area contributed by atoms with Crippen molar-refractivity contribution in [2.24, 2.45) is 0 Å². The lowest BCUT2D eigenvalue weighted by atomic mass is 9.84. The summed E-state index contributed by atoms with van der Waals surface area (Å²) in [5.74, 6) is -0.101. The van der Waals surface area contributed by atoms with Crippen LogP contribution in [-0.2, 0) is 0 Å². The van der Waals surface area contributed by atoms with Crippen LogP contribution in [0.15, 0.2) is 18.2 Å². The van der Waals surface area contributed by atoms with E-state index in [0.29, 0.717) is 12.6 Å². The third-order valence-electron chi connectivity index (χ3n) is 4.13. The number of β-amino-alcohol motifs (C(OH)–C–C–N with tert-alkyl or cyclic N) is 1. The molecule has 1 saturated carbocycles. The van der Waals surface area contributed by atoms with E-state index in [1.807, 2.05) is 6.07 Å². The summed E-state index contributed by atoms with van der Waals surface area (Å²) in [6.45, 7) is 2.81. The van der Waals surface area contributed by atoms with Gasteiger partial charge in [0.05, 0.1) is 6.10 Å². The molecule has 98 valence electrons. The van der Waals surface area contributed by atoms with Crippen molar-refractivity contribution in [3.05, 3.63) is 29.6 Å². The number of fused-ring (bicyclic) bond motifs is 1. The van der Waals surface area contributed by atoms with Gasteiger partial charge in [-0.2, -0.15) is 0 Å². The van der Waals surface area contributed by atoms with Crippen molar-refractivity contribution in [3.63, 3.8) is 0 Å². The molecule has 1 aliphatic carbocycles. The smallest absolute Gasteiger partial charge is 0.123 e. The molecule has 1 aliphatic heterocycles. The summed E-state index contributed by atoms with van der Waals surface area (Å²) in [7, 11) is 0. The minimum Gasteiger partial charge on any atom is -0.391 e. The van der Waals surface area contributed by atoms with Gasteiger partial charge in [-0.1, -0.05) is 13.3 Å². The molecule has 1 fully saturated rings. The van der Waals surface area contributed by atoms with Gasteiger partial charge in [0.25, 0.3) is 0 Å². The molecule has 1 N–H and O–H groups in total. The van der Waals surface area contributed by atoms with Crippen LogP contribution in [0.2, 0.25) is 0 Å². The quantitative estimate of drug-likeness (QED) is 0.890. The summed E-state index contributed by atoms with van der Waals surface area (Å²) in [6, 6.07) is 5.60. The Morgan fingerprint density at radius 3 is 2.83 bits per heavy atom. The number of halogens is 1. The van der Waals surface area contributed by atoms with Gasteiger partial charge in [0.15, 0.2) is 0 Å². The number of hydrogen-bond donors (Lipinski definition) is 1. The highest BCUT2D eigenvalue weighted by Crippen LogP contribution is 2.43. The van der Waals surface area contributed by atoms with Crippen LogP contribution in [0.3, 0.4) is 0 Å². The SMILES string of the molecule is CCC[C@@H]1c2cc(F)ccc2N(C2CC2)C[C@H]1O. The first-order valence-electron chi connectivity index (χ1n) is 6.95. The van der Waals surface area contributed by atoms with Gasteiger partial charge in [-0.25, -0.2) is 4.39 Å². The molecule has 2 aliphatic rings. The van der Waals surface area contributed by atoms with Crippen molar-refractivity contribution < 1.29 is 9.50 Å². The Hall–Kier alpha value is -1.09. The largest absolute Gasteiger partial charge is 0.391 e. The highest BCUT2D eigenvalue weighted by Gasteiger charge is 2.38. The minimum atomic E-state index is -0.361. The van der Waals surface area contributed by atoms with Gasteiger partial charge >= 0.3 is 0 Å². The molecule has 0 saturated heterocycles. The van der Waals surface area contributed by atoms with E-state index in [1.165, 1.54) is 18.9 Å². The molecule has 1 aromatic rings. The zero-order chi connectivity index (χ0) is 12.7. The lowest BCUT2D eigenvalue weighted by Crippen LogP contribution is -2.42. The van der Waals surface area contributed by atoms with Crippen LogP contribution in [0.5, 0.6) is 0 Å². The highest BCUT2D eigenvalue weighted by molar-refractivity contribution is 5.59. The molecule has 3 heteroatoms. The third kappa shape index (κ3) is 2.01. The number of aliphatic hydroxyl groups excluding tert-OH is 1. The molecule has 3 rings (SSSR count). The first kappa shape index (κ1) is 12.0. The Balaban J connectivity index is 2.01. The second kappa shape index (κ2) is 4.54. The van der Waals surface area contributed by atoms with Crippen molar-refractivity contribution in [2.45, 2.75) is 50.7 Å². The Kier molecular flexibility index (Phi) is 3.02. The van der Waals surface area contributed by atoms with Crippen molar-refractivity contribution in [1.29, 1.82) is 0 Å². The molecule has 18 heavy (non-hydrogen) atoms. The van der Waals surface area contributed by atoms with Gasteiger partial charge in [0.1, 0.15) is 5.82 Å². The van der Waals surface area contributed by atoms with Gasteiger partial charge in [-0.05, 0) is 43.0 Å². The lowest BCUT2D eigenvalue weighted by Gasteiger charge is -2.39. The summed E-state index contributed by atoms with van der Waals surface area (Å²) < 4.78 is 13.5. The van der Waals surface area contributed by atoms with E-state index in [0.717, 1.165) is 24.1 Å². The Morgan fingerprint density at radius 2 is 2.17 bits per heavy atom. The van der Waals surface area contributed by atoms with E-state index >= 15 is 0 Å². The third-order valence-corrected chi connectivity index (χ3v) is 4.13. The van der Waals surface area contributed by atoms with Crippen LogP contribution in [0.25, 0.3) is 0 Å². The lowest BCUT2D eigenvalue weighted by molar-refractivity contribution is 0.137. The summed E-state index contributed by atoms with van der Waals surface area (Å²) in [6.07, 6.45) is 3.97. The maximum Gasteiger partial charge on any atom is 0.123 e. The molecule has 0 radical (unpaired) electrons. The van der Waals surface area contributed by atoms with Gasteiger partial charge in [0, 0.05) is 24.2 Å². The summed E-state index contributed by atoms with van der Waals surface area (Å²) in [5.41, 5.74) is 2.14. The van der Waals surface area contributed by atoms with Crippen molar-refractivity contribution in [3.8, 4) is 0 Å². The Labute approximate surface area is 107 Å². The fourth-order valence-electron chi connectivity index (χ4n) is 3.11. The van der Waals surface area contributed by atoms with Crippen LogP contribution in [-0.4, -0.2) is 23.8 Å². The first-order chi connectivity index (χ1) is 8.70. The van der Waals surface area contributed by atoms with Gasteiger partial charge in [-0.3, -0.25) is 0 Å². The van der Waals surface area contributed by atoms with E-state index < -0.39 is 0 Å². The average Bonchev–Trinajstić information content (AvgIpc) is 3.16. The van der Waals surface area contributed by atoms with E-state index in [2.05, 4.69) is 11.8 Å². The standard InChI is InChI=1S/C15H20FNO/c1-2-3-12-13-8-10(16)4-7-14(13)17(9-15(12)18)11-5-6-11/h4,7-8,11-12,15,18H,2-3,5-6,9H2,1H3/t12-,15-/m1/s1. The summed E-state index contributed by atoms with van der Waals surface area (Å²) in [4.78, 5) is 2.27. The van der Waals surface area contributed by atoms with Gasteiger partial charge in [0.2, 0.25) is 0 Å². The van der Waals surface area contributed by atoms with Gasteiger partial charge < -0.3 is 10.0 Å². The molecule has 1 heterocycles. The predicted molar refractivity (Wildman–Crippen MR) is 70.4 cm³/mol. The molecular formula is C15H20FNO. The molecule has 0 spiro atoms. The number of nitrogens with zero attached hydrogens (tertiary/aromatic N) is 1. The second-order valence-electron chi connectivity index (χ2n) is 5.55. The van der Waals surface area contributed by atoms with Crippen LogP contribution >= 0.6 is 0 Å². The normalized spacial score (nSPS) is 27.2. The fourth-order valence-corrected chi connectivity index (χ4v) is 3.11. The summed E-state index contributed by atoms with van der Waals surface area (Å²) in [5, 5.41) is 10.3. The van der Waals surface area contributed by atoms with Crippen LogP contribution in [0.1, 0.15) is 44.1 Å². The molecular weight excluding hydrogens is 229 g/mol. The van der Waals surface area contributed by atoms with Crippen LogP contribution in [0, 0.1) is 5.82 Å². The molecule has 2 atom stereocenters. The van der Waals surface area contributed by atoms with Crippen LogP contribution in [0.4, 0.5) is 10.1 Å². The van der Waals surface area contributed by atoms with Crippen molar-refractivity contribution in [2.75, 3.05) is 11.4 Å². The number of hydrogen-bond acceptors (Lipinski definition) is 2. The monoisotopic (exact) mass is 249 g/mol. The zero-order valence-corrected chi connectivity index (χ0v) is 10.8. The zero-order valence-electron chi connectivity index (χ0n) is 10.8. The van der Waals surface area contributed by atoms with E-state index in [-0.39, 0.29) is 17.8 Å². The average molecular weight is 249 g/mol. The van der Waals surface area contributed by atoms with E-state index in [4.69, 9.17) is 0 Å².